The Morgan fingerprint density at radius 3 is 2.46 bits per heavy atom. The second-order valence-electron chi connectivity index (χ2n) is 5.36. The summed E-state index contributed by atoms with van der Waals surface area (Å²) in [5, 5.41) is 12.3. The first-order valence-electron chi connectivity index (χ1n) is 7.77. The van der Waals surface area contributed by atoms with E-state index in [9.17, 15) is 22.8 Å². The third-order valence-corrected chi connectivity index (χ3v) is 3.34. The van der Waals surface area contributed by atoms with Crippen LogP contribution in [-0.4, -0.2) is 35.1 Å². The Bertz CT molecular complexity index is 774. The van der Waals surface area contributed by atoms with Gasteiger partial charge in [-0.2, -0.15) is 13.2 Å². The lowest BCUT2D eigenvalue weighted by molar-refractivity contribution is -0.138. The molecule has 140 valence electrons. The van der Waals surface area contributed by atoms with Crippen LogP contribution in [-0.2, 0) is 17.4 Å². The topological polar surface area (TPSA) is 97.1 Å². The van der Waals surface area contributed by atoms with Crippen molar-refractivity contribution in [2.75, 3.05) is 13.1 Å². The Hall–Kier alpha value is -2.91. The van der Waals surface area contributed by atoms with E-state index < -0.39 is 23.2 Å². The van der Waals surface area contributed by atoms with Gasteiger partial charge >= 0.3 is 6.18 Å². The van der Waals surface area contributed by atoms with Crippen LogP contribution in [0.4, 0.5) is 13.2 Å². The fourth-order valence-corrected chi connectivity index (χ4v) is 2.15. The number of rotatable bonds is 7. The lowest BCUT2D eigenvalue weighted by Crippen LogP contribution is -2.35. The van der Waals surface area contributed by atoms with Crippen molar-refractivity contribution in [1.82, 2.24) is 20.8 Å². The van der Waals surface area contributed by atoms with E-state index in [1.165, 1.54) is 12.1 Å². The molecule has 2 amide bonds. The average Bonchev–Trinajstić information content (AvgIpc) is 3.01. The molecule has 2 rings (SSSR count). The highest BCUT2D eigenvalue weighted by Gasteiger charge is 2.34. The number of amides is 2. The second kappa shape index (κ2) is 8.45. The second-order valence-corrected chi connectivity index (χ2v) is 5.36. The molecule has 0 saturated heterocycles. The summed E-state index contributed by atoms with van der Waals surface area (Å²) in [4.78, 5) is 23.6. The molecular weight excluding hydrogens is 353 g/mol. The van der Waals surface area contributed by atoms with Crippen molar-refractivity contribution in [3.05, 3.63) is 47.2 Å². The van der Waals surface area contributed by atoms with E-state index >= 15 is 0 Å². The van der Waals surface area contributed by atoms with Gasteiger partial charge in [0.05, 0.1) is 11.1 Å². The monoisotopic (exact) mass is 370 g/mol. The summed E-state index contributed by atoms with van der Waals surface area (Å²) in [6, 6.07) is 4.51. The zero-order valence-corrected chi connectivity index (χ0v) is 13.9. The summed E-state index contributed by atoms with van der Waals surface area (Å²) >= 11 is 0. The van der Waals surface area contributed by atoms with E-state index in [1.807, 2.05) is 0 Å². The fraction of sp³-hybridized carbons (Fsp3) is 0.375. The number of alkyl halides is 3. The molecule has 2 N–H and O–H groups in total. The minimum Gasteiger partial charge on any atom is -0.426 e. The minimum atomic E-state index is -4.62. The van der Waals surface area contributed by atoms with E-state index in [0.717, 1.165) is 12.1 Å². The van der Waals surface area contributed by atoms with Crippen LogP contribution < -0.4 is 10.6 Å². The molecule has 0 fully saturated rings. The summed E-state index contributed by atoms with van der Waals surface area (Å²) in [5.41, 5.74) is -1.46. The van der Waals surface area contributed by atoms with E-state index in [-0.39, 0.29) is 31.8 Å². The molecule has 1 aromatic carbocycles. The van der Waals surface area contributed by atoms with E-state index in [1.54, 1.807) is 6.92 Å². The fourth-order valence-electron chi connectivity index (χ4n) is 2.15. The van der Waals surface area contributed by atoms with Crippen molar-refractivity contribution in [1.29, 1.82) is 0 Å². The maximum absolute atomic E-state index is 12.9. The average molecular weight is 370 g/mol. The van der Waals surface area contributed by atoms with Crippen molar-refractivity contribution in [3.8, 4) is 0 Å². The summed E-state index contributed by atoms with van der Waals surface area (Å²) in [6.07, 6.45) is -4.22. The smallest absolute Gasteiger partial charge is 0.417 e. The van der Waals surface area contributed by atoms with Gasteiger partial charge < -0.3 is 15.1 Å². The molecule has 0 radical (unpaired) electrons. The highest BCUT2D eigenvalue weighted by molar-refractivity contribution is 5.95. The van der Waals surface area contributed by atoms with Crippen LogP contribution >= 0.6 is 0 Å². The third-order valence-electron chi connectivity index (χ3n) is 3.34. The van der Waals surface area contributed by atoms with Gasteiger partial charge in [-0.1, -0.05) is 12.1 Å². The molecule has 0 aliphatic carbocycles. The highest BCUT2D eigenvalue weighted by Crippen LogP contribution is 2.31. The van der Waals surface area contributed by atoms with Crippen LogP contribution in [0.3, 0.4) is 0 Å². The molecule has 10 heteroatoms. The summed E-state index contributed by atoms with van der Waals surface area (Å²) in [5.74, 6) is -0.406. The van der Waals surface area contributed by atoms with Gasteiger partial charge in [0, 0.05) is 32.9 Å². The molecule has 0 spiro atoms. The summed E-state index contributed by atoms with van der Waals surface area (Å²) in [7, 11) is 0. The van der Waals surface area contributed by atoms with E-state index in [4.69, 9.17) is 4.42 Å². The largest absolute Gasteiger partial charge is 0.426 e. The molecular formula is C16H17F3N4O3. The first-order valence-corrected chi connectivity index (χ1v) is 7.77. The third kappa shape index (κ3) is 5.57. The Morgan fingerprint density at radius 2 is 1.81 bits per heavy atom. The number of halogens is 3. The number of benzene rings is 1. The highest BCUT2D eigenvalue weighted by atomic mass is 19.4. The number of hydrogen-bond acceptors (Lipinski definition) is 5. The molecule has 7 nitrogen and oxygen atoms in total. The molecule has 0 saturated carbocycles. The minimum absolute atomic E-state index is 0.00354. The maximum Gasteiger partial charge on any atom is 0.417 e. The van der Waals surface area contributed by atoms with Crippen LogP contribution in [0, 0.1) is 6.92 Å². The predicted octanol–water partition coefficient (Wildman–Crippen LogP) is 1.88. The van der Waals surface area contributed by atoms with E-state index in [2.05, 4.69) is 20.8 Å². The quantitative estimate of drug-likeness (QED) is 0.726. The predicted molar refractivity (Wildman–Crippen MR) is 84.1 cm³/mol. The SMILES string of the molecule is Cc1nnc(CCC(=O)NCCNC(=O)c2ccccc2C(F)(F)F)o1. The van der Waals surface area contributed by atoms with Gasteiger partial charge in [-0.3, -0.25) is 9.59 Å². The summed E-state index contributed by atoms with van der Waals surface area (Å²) in [6.45, 7) is 1.72. The first-order chi connectivity index (χ1) is 12.3. The number of aryl methyl sites for hydroxylation is 2. The number of hydrogen-bond donors (Lipinski definition) is 2. The van der Waals surface area contributed by atoms with Crippen molar-refractivity contribution < 1.29 is 27.2 Å². The lowest BCUT2D eigenvalue weighted by atomic mass is 10.1. The number of nitrogens with zero attached hydrogens (tertiary/aromatic N) is 2. The van der Waals surface area contributed by atoms with Gasteiger partial charge in [-0.15, -0.1) is 10.2 Å². The van der Waals surface area contributed by atoms with Gasteiger partial charge in [-0.05, 0) is 12.1 Å². The summed E-state index contributed by atoms with van der Waals surface area (Å²) < 4.78 is 43.8. The van der Waals surface area contributed by atoms with E-state index in [0.29, 0.717) is 11.8 Å². The van der Waals surface area contributed by atoms with Crippen LogP contribution in [0.15, 0.2) is 28.7 Å². The molecule has 1 heterocycles. The zero-order chi connectivity index (χ0) is 19.2. The number of carbonyl (C=O) groups is 2. The van der Waals surface area contributed by atoms with Crippen molar-refractivity contribution in [3.63, 3.8) is 0 Å². The van der Waals surface area contributed by atoms with Crippen LogP contribution in [0.5, 0.6) is 0 Å². The van der Waals surface area contributed by atoms with Crippen molar-refractivity contribution in [2.24, 2.45) is 0 Å². The number of nitrogens with one attached hydrogen (secondary N) is 2. The standard InChI is InChI=1S/C16H17F3N4O3/c1-10-22-23-14(26-10)7-6-13(24)20-8-9-21-15(25)11-4-2-3-5-12(11)16(17,18)19/h2-5H,6-9H2,1H3,(H,20,24)(H,21,25). The first kappa shape index (κ1) is 19.4. The molecule has 0 aliphatic rings. The number of aromatic nitrogens is 2. The Kier molecular flexibility index (Phi) is 6.31. The maximum atomic E-state index is 12.9. The van der Waals surface area contributed by atoms with Gasteiger partial charge in [0.1, 0.15) is 0 Å². The molecule has 0 atom stereocenters. The van der Waals surface area contributed by atoms with Gasteiger partial charge in [0.2, 0.25) is 17.7 Å². The molecule has 0 aliphatic heterocycles. The number of carbonyl (C=O) groups excluding carboxylic acids is 2. The molecule has 1 aromatic heterocycles. The van der Waals surface area contributed by atoms with Crippen molar-refractivity contribution >= 4 is 11.8 Å². The lowest BCUT2D eigenvalue weighted by Gasteiger charge is -2.12. The van der Waals surface area contributed by atoms with Crippen molar-refractivity contribution in [2.45, 2.75) is 25.9 Å². The van der Waals surface area contributed by atoms with Gasteiger partial charge in [0.25, 0.3) is 5.91 Å². The van der Waals surface area contributed by atoms with Crippen LogP contribution in [0.25, 0.3) is 0 Å². The molecule has 26 heavy (non-hydrogen) atoms. The Morgan fingerprint density at radius 1 is 1.12 bits per heavy atom. The molecule has 0 unspecified atom stereocenters. The molecule has 2 aromatic rings. The zero-order valence-electron chi connectivity index (χ0n) is 13.9. The van der Waals surface area contributed by atoms with Gasteiger partial charge in [-0.25, -0.2) is 0 Å². The molecule has 0 bridgehead atoms. The van der Waals surface area contributed by atoms with Gasteiger partial charge in [0.15, 0.2) is 0 Å². The van der Waals surface area contributed by atoms with Crippen LogP contribution in [0.1, 0.15) is 34.1 Å². The van der Waals surface area contributed by atoms with Crippen LogP contribution in [0.2, 0.25) is 0 Å². The Balaban J connectivity index is 1.74. The normalized spacial score (nSPS) is 11.2. The Labute approximate surface area is 147 Å².